The molecule has 0 amide bonds. The summed E-state index contributed by atoms with van der Waals surface area (Å²) in [7, 11) is -3.92. The van der Waals surface area contributed by atoms with Crippen LogP contribution in [0.1, 0.15) is 12.8 Å². The first-order valence-corrected chi connectivity index (χ1v) is 9.30. The third kappa shape index (κ3) is 4.34. The first kappa shape index (κ1) is 17.4. The van der Waals surface area contributed by atoms with Gasteiger partial charge in [-0.05, 0) is 24.8 Å². The summed E-state index contributed by atoms with van der Waals surface area (Å²) >= 11 is 0. The van der Waals surface area contributed by atoms with Gasteiger partial charge in [0.25, 0.3) is 15.7 Å². The Bertz CT molecular complexity index is 858. The zero-order chi connectivity index (χ0) is 17.9. The summed E-state index contributed by atoms with van der Waals surface area (Å²) in [5.41, 5.74) is 0.0386. The van der Waals surface area contributed by atoms with Crippen molar-refractivity contribution < 1.29 is 18.1 Å². The third-order valence-electron chi connectivity index (χ3n) is 4.01. The summed E-state index contributed by atoms with van der Waals surface area (Å²) < 4.78 is 34.2. The Labute approximate surface area is 144 Å². The molecule has 0 spiro atoms. The number of nitrogens with one attached hydrogen (secondary N) is 1. The number of aromatic nitrogens is 2. The molecule has 0 saturated carbocycles. The Morgan fingerprint density at radius 2 is 2.12 bits per heavy atom. The van der Waals surface area contributed by atoms with Crippen molar-refractivity contribution in [2.24, 2.45) is 5.92 Å². The van der Waals surface area contributed by atoms with Crippen LogP contribution in [-0.4, -0.2) is 36.3 Å². The first-order chi connectivity index (χ1) is 11.9. The van der Waals surface area contributed by atoms with Crippen LogP contribution in [0.15, 0.2) is 41.6 Å². The maximum absolute atomic E-state index is 12.4. The summed E-state index contributed by atoms with van der Waals surface area (Å²) in [4.78, 5) is 10.00. The molecule has 0 radical (unpaired) electrons. The molecule has 1 aromatic carbocycles. The predicted octanol–water partition coefficient (Wildman–Crippen LogP) is 2.02. The Hall–Kier alpha value is -2.46. The van der Waals surface area contributed by atoms with E-state index in [1.165, 1.54) is 24.4 Å². The van der Waals surface area contributed by atoms with E-state index < -0.39 is 14.9 Å². The van der Waals surface area contributed by atoms with Crippen LogP contribution in [0.4, 0.5) is 11.4 Å². The molecule has 1 aliphatic heterocycles. The van der Waals surface area contributed by atoms with E-state index in [4.69, 9.17) is 4.74 Å². The number of hydrogen-bond donors (Lipinski definition) is 1. The smallest absolute Gasteiger partial charge is 0.270 e. The molecule has 25 heavy (non-hydrogen) atoms. The largest absolute Gasteiger partial charge is 0.381 e. The summed E-state index contributed by atoms with van der Waals surface area (Å²) in [6.07, 6.45) is 4.95. The van der Waals surface area contributed by atoms with Gasteiger partial charge in [-0.3, -0.25) is 19.5 Å². The Balaban J connectivity index is 1.71. The van der Waals surface area contributed by atoms with Crippen LogP contribution in [0.5, 0.6) is 0 Å². The number of anilines is 1. The van der Waals surface area contributed by atoms with Crippen molar-refractivity contribution in [3.8, 4) is 0 Å². The van der Waals surface area contributed by atoms with Crippen LogP contribution in [0.2, 0.25) is 0 Å². The van der Waals surface area contributed by atoms with Crippen LogP contribution in [0, 0.1) is 16.0 Å². The maximum Gasteiger partial charge on any atom is 0.270 e. The minimum absolute atomic E-state index is 0.168. The van der Waals surface area contributed by atoms with Gasteiger partial charge in [0, 0.05) is 38.1 Å². The quantitative estimate of drug-likeness (QED) is 0.617. The summed E-state index contributed by atoms with van der Waals surface area (Å²) in [6, 6.07) is 4.91. The van der Waals surface area contributed by atoms with Crippen LogP contribution >= 0.6 is 0 Å². The first-order valence-electron chi connectivity index (χ1n) is 7.81. The Kier molecular flexibility index (Phi) is 5.00. The van der Waals surface area contributed by atoms with Crippen LogP contribution in [0.25, 0.3) is 0 Å². The molecular formula is C15H18N4O5S. The molecule has 10 heteroatoms. The van der Waals surface area contributed by atoms with E-state index in [1.807, 2.05) is 0 Å². The average molecular weight is 366 g/mol. The van der Waals surface area contributed by atoms with Crippen molar-refractivity contribution >= 4 is 21.4 Å². The van der Waals surface area contributed by atoms with Gasteiger partial charge in [0.15, 0.2) is 0 Å². The highest BCUT2D eigenvalue weighted by Crippen LogP contribution is 2.21. The molecule has 0 unspecified atom stereocenters. The minimum atomic E-state index is -3.92. The molecule has 1 fully saturated rings. The molecule has 0 bridgehead atoms. The van der Waals surface area contributed by atoms with Gasteiger partial charge in [0.05, 0.1) is 21.7 Å². The molecule has 0 aliphatic carbocycles. The van der Waals surface area contributed by atoms with Crippen LogP contribution in [0.3, 0.4) is 0 Å². The number of rotatable bonds is 6. The van der Waals surface area contributed by atoms with Crippen molar-refractivity contribution in [3.05, 3.63) is 46.8 Å². The fraction of sp³-hybridized carbons (Fsp3) is 0.400. The van der Waals surface area contributed by atoms with Crippen molar-refractivity contribution in [3.63, 3.8) is 0 Å². The minimum Gasteiger partial charge on any atom is -0.381 e. The number of sulfonamides is 1. The van der Waals surface area contributed by atoms with E-state index in [1.54, 1.807) is 10.9 Å². The molecule has 1 saturated heterocycles. The lowest BCUT2D eigenvalue weighted by Gasteiger charge is -2.21. The van der Waals surface area contributed by atoms with E-state index in [-0.39, 0.29) is 10.6 Å². The van der Waals surface area contributed by atoms with Crippen LogP contribution in [-0.2, 0) is 21.3 Å². The lowest BCUT2D eigenvalue weighted by molar-refractivity contribution is -0.385. The Morgan fingerprint density at radius 3 is 2.84 bits per heavy atom. The summed E-state index contributed by atoms with van der Waals surface area (Å²) in [6.45, 7) is 2.16. The van der Waals surface area contributed by atoms with E-state index >= 15 is 0 Å². The molecule has 3 rings (SSSR count). The Morgan fingerprint density at radius 1 is 1.36 bits per heavy atom. The SMILES string of the molecule is O=[N+]([O-])c1cccc(S(=O)(=O)Nc2cnn(CC3CCOCC3)c2)c1. The number of non-ortho nitro benzene ring substituents is 1. The van der Waals surface area contributed by atoms with Gasteiger partial charge in [-0.25, -0.2) is 8.42 Å². The molecule has 0 atom stereocenters. The molecule has 2 aromatic rings. The second-order valence-corrected chi connectivity index (χ2v) is 7.55. The third-order valence-corrected chi connectivity index (χ3v) is 5.39. The average Bonchev–Trinajstić information content (AvgIpc) is 3.02. The summed E-state index contributed by atoms with van der Waals surface area (Å²) in [5.74, 6) is 0.454. The lowest BCUT2D eigenvalue weighted by Crippen LogP contribution is -2.20. The molecule has 1 N–H and O–H groups in total. The molecular weight excluding hydrogens is 348 g/mol. The van der Waals surface area contributed by atoms with E-state index in [2.05, 4.69) is 9.82 Å². The van der Waals surface area contributed by atoms with Gasteiger partial charge in [-0.15, -0.1) is 0 Å². The van der Waals surface area contributed by atoms with Gasteiger partial charge >= 0.3 is 0 Å². The standard InChI is InChI=1S/C15H18N4O5S/c20-19(21)14-2-1-3-15(8-14)25(22,23)17-13-9-16-18(11-13)10-12-4-6-24-7-5-12/h1-3,8-9,11-12,17H,4-7,10H2. The normalized spacial score (nSPS) is 15.8. The highest BCUT2D eigenvalue weighted by molar-refractivity contribution is 7.92. The number of nitrogens with zero attached hydrogens (tertiary/aromatic N) is 3. The van der Waals surface area contributed by atoms with Gasteiger partial charge in [-0.1, -0.05) is 6.07 Å². The lowest BCUT2D eigenvalue weighted by atomic mass is 10.0. The molecule has 134 valence electrons. The zero-order valence-corrected chi connectivity index (χ0v) is 14.2. The molecule has 9 nitrogen and oxygen atoms in total. The van der Waals surface area contributed by atoms with E-state index in [0.717, 1.165) is 32.1 Å². The highest BCUT2D eigenvalue weighted by Gasteiger charge is 2.19. The van der Waals surface area contributed by atoms with Crippen molar-refractivity contribution in [2.75, 3.05) is 17.9 Å². The van der Waals surface area contributed by atoms with Gasteiger partial charge < -0.3 is 4.74 Å². The van der Waals surface area contributed by atoms with Crippen LogP contribution < -0.4 is 4.72 Å². The second kappa shape index (κ2) is 7.19. The number of nitro benzene ring substituents is 1. The topological polar surface area (TPSA) is 116 Å². The molecule has 1 aromatic heterocycles. The number of benzene rings is 1. The highest BCUT2D eigenvalue weighted by atomic mass is 32.2. The second-order valence-electron chi connectivity index (χ2n) is 5.87. The fourth-order valence-corrected chi connectivity index (χ4v) is 3.76. The zero-order valence-electron chi connectivity index (χ0n) is 13.4. The number of ether oxygens (including phenoxy) is 1. The molecule has 1 aliphatic rings. The fourth-order valence-electron chi connectivity index (χ4n) is 2.69. The van der Waals surface area contributed by atoms with Gasteiger partial charge in [-0.2, -0.15) is 5.10 Å². The predicted molar refractivity (Wildman–Crippen MR) is 89.7 cm³/mol. The van der Waals surface area contributed by atoms with Crippen molar-refractivity contribution in [1.82, 2.24) is 9.78 Å². The molecule has 2 heterocycles. The van der Waals surface area contributed by atoms with E-state index in [0.29, 0.717) is 18.2 Å². The maximum atomic E-state index is 12.4. The van der Waals surface area contributed by atoms with Crippen molar-refractivity contribution in [2.45, 2.75) is 24.3 Å². The van der Waals surface area contributed by atoms with E-state index in [9.17, 15) is 18.5 Å². The summed E-state index contributed by atoms with van der Waals surface area (Å²) in [5, 5.41) is 15.0. The monoisotopic (exact) mass is 366 g/mol. The van der Waals surface area contributed by atoms with Gasteiger partial charge in [0.2, 0.25) is 0 Å². The van der Waals surface area contributed by atoms with Crippen molar-refractivity contribution in [1.29, 1.82) is 0 Å². The number of nitro groups is 1. The van der Waals surface area contributed by atoms with Gasteiger partial charge in [0.1, 0.15) is 0 Å². The number of hydrogen-bond acceptors (Lipinski definition) is 6.